The Morgan fingerprint density at radius 2 is 2.21 bits per heavy atom. The van der Waals surface area contributed by atoms with Crippen LogP contribution in [0.15, 0.2) is 35.7 Å². The zero-order valence-electron chi connectivity index (χ0n) is 10.3. The molecule has 0 bridgehead atoms. The summed E-state index contributed by atoms with van der Waals surface area (Å²) in [5.74, 6) is -0.253. The molecule has 5 heteroatoms. The molecule has 19 heavy (non-hydrogen) atoms. The van der Waals surface area contributed by atoms with Crippen molar-refractivity contribution >= 4 is 38.7 Å². The highest BCUT2D eigenvalue weighted by Crippen LogP contribution is 2.33. The van der Waals surface area contributed by atoms with Crippen molar-refractivity contribution in [1.29, 1.82) is 0 Å². The fourth-order valence-corrected chi connectivity index (χ4v) is 3.69. The average molecular weight is 289 g/mol. The minimum absolute atomic E-state index is 0.242. The predicted molar refractivity (Wildman–Crippen MR) is 78.7 cm³/mol. The van der Waals surface area contributed by atoms with Gasteiger partial charge in [0.05, 0.1) is 24.1 Å². The molecule has 0 unspecified atom stereocenters. The number of esters is 1. The predicted octanol–water partition coefficient (Wildman–Crippen LogP) is 3.74. The van der Waals surface area contributed by atoms with E-state index in [-0.39, 0.29) is 12.4 Å². The van der Waals surface area contributed by atoms with Gasteiger partial charge < -0.3 is 4.74 Å². The van der Waals surface area contributed by atoms with E-state index in [0.717, 1.165) is 15.6 Å². The maximum absolute atomic E-state index is 11.2. The van der Waals surface area contributed by atoms with Crippen LogP contribution in [0.25, 0.3) is 20.7 Å². The standard InChI is InChI=1S/C14H11NO2S2/c1-17-14(16)7-13-15-10(8-18-13)12-6-9-4-2-3-5-11(9)19-12/h2-6,8H,7H2,1H3. The van der Waals surface area contributed by atoms with Gasteiger partial charge in [0.15, 0.2) is 0 Å². The third-order valence-electron chi connectivity index (χ3n) is 2.75. The first-order chi connectivity index (χ1) is 9.26. The van der Waals surface area contributed by atoms with Crippen molar-refractivity contribution in [3.8, 4) is 10.6 Å². The summed E-state index contributed by atoms with van der Waals surface area (Å²) < 4.78 is 5.90. The van der Waals surface area contributed by atoms with E-state index >= 15 is 0 Å². The number of nitrogens with zero attached hydrogens (tertiary/aromatic N) is 1. The van der Waals surface area contributed by atoms with E-state index in [1.54, 1.807) is 11.3 Å². The number of benzene rings is 1. The number of thiophene rings is 1. The number of fused-ring (bicyclic) bond motifs is 1. The van der Waals surface area contributed by atoms with E-state index in [0.29, 0.717) is 0 Å². The molecule has 3 rings (SSSR count). The Balaban J connectivity index is 1.91. The number of carbonyl (C=O) groups excluding carboxylic acids is 1. The summed E-state index contributed by atoms with van der Waals surface area (Å²) in [6.07, 6.45) is 0.242. The zero-order chi connectivity index (χ0) is 13.2. The molecule has 0 saturated carbocycles. The van der Waals surface area contributed by atoms with Crippen LogP contribution in [0.1, 0.15) is 5.01 Å². The number of ether oxygens (including phenoxy) is 1. The summed E-state index contributed by atoms with van der Waals surface area (Å²) >= 11 is 3.21. The van der Waals surface area contributed by atoms with Gasteiger partial charge in [-0.3, -0.25) is 4.79 Å². The van der Waals surface area contributed by atoms with Crippen LogP contribution in [0, 0.1) is 0 Å². The van der Waals surface area contributed by atoms with E-state index in [4.69, 9.17) is 0 Å². The van der Waals surface area contributed by atoms with Crippen molar-refractivity contribution in [2.45, 2.75) is 6.42 Å². The molecule has 0 spiro atoms. The minimum Gasteiger partial charge on any atom is -0.469 e. The van der Waals surface area contributed by atoms with Gasteiger partial charge in [0, 0.05) is 10.1 Å². The van der Waals surface area contributed by atoms with Crippen LogP contribution in [0.4, 0.5) is 0 Å². The van der Waals surface area contributed by atoms with Gasteiger partial charge in [-0.1, -0.05) is 18.2 Å². The number of rotatable bonds is 3. The van der Waals surface area contributed by atoms with Gasteiger partial charge in [0.2, 0.25) is 0 Å². The summed E-state index contributed by atoms with van der Waals surface area (Å²) in [5.41, 5.74) is 0.935. The molecule has 1 aromatic carbocycles. The molecule has 0 aliphatic rings. The maximum atomic E-state index is 11.2. The monoisotopic (exact) mass is 289 g/mol. The lowest BCUT2D eigenvalue weighted by atomic mass is 10.2. The highest BCUT2D eigenvalue weighted by molar-refractivity contribution is 7.22. The molecule has 3 aromatic rings. The Morgan fingerprint density at radius 3 is 3.00 bits per heavy atom. The van der Waals surface area contributed by atoms with Crippen LogP contribution in [-0.2, 0) is 16.0 Å². The van der Waals surface area contributed by atoms with Crippen LogP contribution in [-0.4, -0.2) is 18.1 Å². The molecule has 0 atom stereocenters. The van der Waals surface area contributed by atoms with E-state index < -0.39 is 0 Å². The Hall–Kier alpha value is -1.72. The Morgan fingerprint density at radius 1 is 1.37 bits per heavy atom. The topological polar surface area (TPSA) is 39.2 Å². The SMILES string of the molecule is COC(=O)Cc1nc(-c2cc3ccccc3s2)cs1. The molecule has 0 aliphatic heterocycles. The number of hydrogen-bond donors (Lipinski definition) is 0. The van der Waals surface area contributed by atoms with Crippen molar-refractivity contribution in [3.05, 3.63) is 40.7 Å². The lowest BCUT2D eigenvalue weighted by molar-refractivity contribution is -0.139. The highest BCUT2D eigenvalue weighted by Gasteiger charge is 2.11. The summed E-state index contributed by atoms with van der Waals surface area (Å²) in [7, 11) is 1.39. The van der Waals surface area contributed by atoms with Crippen LogP contribution in [0.3, 0.4) is 0 Å². The second kappa shape index (κ2) is 5.11. The molecule has 96 valence electrons. The van der Waals surface area contributed by atoms with Gasteiger partial charge >= 0.3 is 5.97 Å². The number of methoxy groups -OCH3 is 1. The first-order valence-electron chi connectivity index (χ1n) is 5.76. The zero-order valence-corrected chi connectivity index (χ0v) is 11.9. The normalized spacial score (nSPS) is 10.8. The number of aromatic nitrogens is 1. The minimum atomic E-state index is -0.253. The van der Waals surface area contributed by atoms with Gasteiger partial charge in [0.25, 0.3) is 0 Å². The fraction of sp³-hybridized carbons (Fsp3) is 0.143. The average Bonchev–Trinajstić information content (AvgIpc) is 3.04. The molecule has 0 amide bonds. The van der Waals surface area contributed by atoms with Gasteiger partial charge in [-0.15, -0.1) is 22.7 Å². The van der Waals surface area contributed by atoms with Crippen molar-refractivity contribution < 1.29 is 9.53 Å². The van der Waals surface area contributed by atoms with Crippen LogP contribution >= 0.6 is 22.7 Å². The fourth-order valence-electron chi connectivity index (χ4n) is 1.81. The first kappa shape index (κ1) is 12.3. The molecule has 0 saturated heterocycles. The molecule has 3 nitrogen and oxygen atoms in total. The van der Waals surface area contributed by atoms with E-state index in [9.17, 15) is 4.79 Å². The van der Waals surface area contributed by atoms with E-state index in [1.807, 2.05) is 17.5 Å². The summed E-state index contributed by atoms with van der Waals surface area (Å²) in [4.78, 5) is 16.8. The van der Waals surface area contributed by atoms with Gasteiger partial charge in [0.1, 0.15) is 5.01 Å². The van der Waals surface area contributed by atoms with Crippen LogP contribution < -0.4 is 0 Å². The lowest BCUT2D eigenvalue weighted by Crippen LogP contribution is -2.03. The summed E-state index contributed by atoms with van der Waals surface area (Å²) in [6, 6.07) is 10.4. The molecular formula is C14H11NO2S2. The number of hydrogen-bond acceptors (Lipinski definition) is 5. The molecule has 0 N–H and O–H groups in total. The molecule has 0 aliphatic carbocycles. The van der Waals surface area contributed by atoms with Crippen molar-refractivity contribution in [1.82, 2.24) is 4.98 Å². The number of thiazole rings is 1. The quantitative estimate of drug-likeness (QED) is 0.689. The first-order valence-corrected chi connectivity index (χ1v) is 7.46. The Bertz CT molecular complexity index is 697. The Kier molecular flexibility index (Phi) is 3.31. The van der Waals surface area contributed by atoms with Gasteiger partial charge in [-0.2, -0.15) is 0 Å². The molecule has 0 radical (unpaired) electrons. The largest absolute Gasteiger partial charge is 0.469 e. The smallest absolute Gasteiger partial charge is 0.312 e. The lowest BCUT2D eigenvalue weighted by Gasteiger charge is -1.93. The molecule has 2 heterocycles. The summed E-state index contributed by atoms with van der Waals surface area (Å²) in [5, 5.41) is 4.01. The second-order valence-electron chi connectivity index (χ2n) is 4.03. The molecular weight excluding hydrogens is 278 g/mol. The van der Waals surface area contributed by atoms with Crippen molar-refractivity contribution in [2.75, 3.05) is 7.11 Å². The summed E-state index contributed by atoms with van der Waals surface area (Å²) in [6.45, 7) is 0. The third kappa shape index (κ3) is 2.52. The Labute approximate surface area is 118 Å². The number of carbonyl (C=O) groups is 1. The van der Waals surface area contributed by atoms with E-state index in [1.165, 1.54) is 28.5 Å². The molecule has 2 aromatic heterocycles. The van der Waals surface area contributed by atoms with Crippen LogP contribution in [0.5, 0.6) is 0 Å². The van der Waals surface area contributed by atoms with Crippen molar-refractivity contribution in [3.63, 3.8) is 0 Å². The maximum Gasteiger partial charge on any atom is 0.312 e. The van der Waals surface area contributed by atoms with E-state index in [2.05, 4.69) is 27.9 Å². The highest BCUT2D eigenvalue weighted by atomic mass is 32.1. The van der Waals surface area contributed by atoms with Crippen LogP contribution in [0.2, 0.25) is 0 Å². The van der Waals surface area contributed by atoms with Gasteiger partial charge in [-0.25, -0.2) is 4.98 Å². The molecule has 0 fully saturated rings. The third-order valence-corrected chi connectivity index (χ3v) is 4.74. The van der Waals surface area contributed by atoms with Gasteiger partial charge in [-0.05, 0) is 17.5 Å². The second-order valence-corrected chi connectivity index (χ2v) is 6.05. The van der Waals surface area contributed by atoms with Crippen molar-refractivity contribution in [2.24, 2.45) is 0 Å².